The molecule has 116 valence electrons. The smallest absolute Gasteiger partial charge is 0.222 e. The van der Waals surface area contributed by atoms with E-state index in [1.54, 1.807) is 0 Å². The summed E-state index contributed by atoms with van der Waals surface area (Å²) in [7, 11) is 0. The van der Waals surface area contributed by atoms with Gasteiger partial charge < -0.3 is 10.2 Å². The summed E-state index contributed by atoms with van der Waals surface area (Å²) in [5.74, 6) is 0.810. The highest BCUT2D eigenvalue weighted by Gasteiger charge is 2.26. The maximum absolute atomic E-state index is 11.9. The van der Waals surface area contributed by atoms with E-state index in [9.17, 15) is 4.79 Å². The second kappa shape index (κ2) is 6.50. The molecule has 0 radical (unpaired) electrons. The van der Waals surface area contributed by atoms with Crippen molar-refractivity contribution in [2.45, 2.75) is 47.1 Å². The van der Waals surface area contributed by atoms with E-state index in [1.165, 1.54) is 16.8 Å². The molecule has 3 heteroatoms. The van der Waals surface area contributed by atoms with E-state index < -0.39 is 0 Å². The molecule has 2 rings (SSSR count). The number of hydrogen-bond donors (Lipinski definition) is 1. The Morgan fingerprint density at radius 2 is 1.95 bits per heavy atom. The van der Waals surface area contributed by atoms with Gasteiger partial charge >= 0.3 is 0 Å². The summed E-state index contributed by atoms with van der Waals surface area (Å²) < 4.78 is 0. The fourth-order valence-electron chi connectivity index (χ4n) is 2.96. The zero-order chi connectivity index (χ0) is 15.6. The van der Waals surface area contributed by atoms with Crippen LogP contribution in [-0.2, 0) is 4.79 Å². The lowest BCUT2D eigenvalue weighted by Gasteiger charge is -2.38. The molecule has 0 saturated carbocycles. The highest BCUT2D eigenvalue weighted by atomic mass is 16.1. The van der Waals surface area contributed by atoms with Crippen LogP contribution < -0.4 is 10.2 Å². The molecule has 0 bridgehead atoms. The third kappa shape index (κ3) is 3.99. The molecule has 1 amide bonds. The second-order valence-electron chi connectivity index (χ2n) is 6.87. The van der Waals surface area contributed by atoms with Crippen LogP contribution in [0.15, 0.2) is 18.2 Å². The van der Waals surface area contributed by atoms with Gasteiger partial charge in [0.2, 0.25) is 5.91 Å². The van der Waals surface area contributed by atoms with Crippen molar-refractivity contribution >= 4 is 11.6 Å². The average Bonchev–Trinajstić information content (AvgIpc) is 2.41. The molecule has 1 aromatic rings. The molecule has 2 atom stereocenters. The molecule has 3 nitrogen and oxygen atoms in total. The molecule has 0 spiro atoms. The molecule has 1 aliphatic heterocycles. The summed E-state index contributed by atoms with van der Waals surface area (Å²) in [6.07, 6.45) is 1.07. The molecule has 1 fully saturated rings. The van der Waals surface area contributed by atoms with Gasteiger partial charge in [-0.15, -0.1) is 0 Å². The standard InChI is InChI=1S/C18H28N2O/c1-12(2)18(21)19-16-8-13(3)10-20(11-16)17-7-6-14(4)15(5)9-17/h6-7,9,12-13,16H,8,10-11H2,1-5H3,(H,19,21). The lowest BCUT2D eigenvalue weighted by Crippen LogP contribution is -2.51. The van der Waals surface area contributed by atoms with Crippen LogP contribution in [0.4, 0.5) is 5.69 Å². The largest absolute Gasteiger partial charge is 0.369 e. The van der Waals surface area contributed by atoms with E-state index in [0.717, 1.165) is 19.5 Å². The summed E-state index contributed by atoms with van der Waals surface area (Å²) in [6.45, 7) is 12.4. The first-order valence-corrected chi connectivity index (χ1v) is 7.99. The van der Waals surface area contributed by atoms with Crippen LogP contribution in [-0.4, -0.2) is 25.0 Å². The SMILES string of the molecule is Cc1ccc(N2CC(C)CC(NC(=O)C(C)C)C2)cc1C. The van der Waals surface area contributed by atoms with Crippen molar-refractivity contribution in [2.75, 3.05) is 18.0 Å². The van der Waals surface area contributed by atoms with Gasteiger partial charge in [-0.2, -0.15) is 0 Å². The zero-order valence-electron chi connectivity index (χ0n) is 13.9. The summed E-state index contributed by atoms with van der Waals surface area (Å²) in [5, 5.41) is 3.19. The van der Waals surface area contributed by atoms with E-state index in [-0.39, 0.29) is 17.9 Å². The van der Waals surface area contributed by atoms with E-state index in [1.807, 2.05) is 13.8 Å². The maximum Gasteiger partial charge on any atom is 0.222 e. The second-order valence-corrected chi connectivity index (χ2v) is 6.87. The van der Waals surface area contributed by atoms with Crippen molar-refractivity contribution in [1.82, 2.24) is 5.32 Å². The number of benzene rings is 1. The monoisotopic (exact) mass is 288 g/mol. The first-order valence-electron chi connectivity index (χ1n) is 7.99. The highest BCUT2D eigenvalue weighted by molar-refractivity contribution is 5.78. The number of carbonyl (C=O) groups is 1. The Morgan fingerprint density at radius 3 is 2.57 bits per heavy atom. The number of aryl methyl sites for hydroxylation is 2. The van der Waals surface area contributed by atoms with Gasteiger partial charge in [0.05, 0.1) is 0 Å². The predicted molar refractivity (Wildman–Crippen MR) is 88.7 cm³/mol. The Bertz CT molecular complexity index is 510. The Balaban J connectivity index is 2.09. The molecule has 0 aliphatic carbocycles. The third-order valence-corrected chi connectivity index (χ3v) is 4.39. The van der Waals surface area contributed by atoms with Crippen molar-refractivity contribution in [1.29, 1.82) is 0 Å². The van der Waals surface area contributed by atoms with Crippen LogP contribution >= 0.6 is 0 Å². The van der Waals surface area contributed by atoms with Crippen molar-refractivity contribution in [3.8, 4) is 0 Å². The van der Waals surface area contributed by atoms with Crippen LogP contribution in [0.1, 0.15) is 38.3 Å². The first kappa shape index (κ1) is 15.9. The zero-order valence-corrected chi connectivity index (χ0v) is 13.9. The number of hydrogen-bond acceptors (Lipinski definition) is 2. The lowest BCUT2D eigenvalue weighted by molar-refractivity contribution is -0.124. The van der Waals surface area contributed by atoms with Gasteiger partial charge in [0, 0.05) is 30.7 Å². The van der Waals surface area contributed by atoms with E-state index >= 15 is 0 Å². The maximum atomic E-state index is 11.9. The average molecular weight is 288 g/mol. The van der Waals surface area contributed by atoms with Gasteiger partial charge in [-0.1, -0.05) is 26.8 Å². The lowest BCUT2D eigenvalue weighted by atomic mass is 9.94. The van der Waals surface area contributed by atoms with Crippen LogP contribution in [0.5, 0.6) is 0 Å². The van der Waals surface area contributed by atoms with Gasteiger partial charge in [-0.05, 0) is 49.4 Å². The van der Waals surface area contributed by atoms with Gasteiger partial charge in [-0.25, -0.2) is 0 Å². The molecule has 21 heavy (non-hydrogen) atoms. The topological polar surface area (TPSA) is 32.3 Å². The molecule has 1 heterocycles. The quantitative estimate of drug-likeness (QED) is 0.925. The fraction of sp³-hybridized carbons (Fsp3) is 0.611. The number of carbonyl (C=O) groups excluding carboxylic acids is 1. The molecule has 1 N–H and O–H groups in total. The van der Waals surface area contributed by atoms with Crippen molar-refractivity contribution < 1.29 is 4.79 Å². The number of nitrogens with one attached hydrogen (secondary N) is 1. The van der Waals surface area contributed by atoms with Crippen molar-refractivity contribution in [2.24, 2.45) is 11.8 Å². The Morgan fingerprint density at radius 1 is 1.24 bits per heavy atom. The number of piperidine rings is 1. The van der Waals surface area contributed by atoms with Crippen molar-refractivity contribution in [3.05, 3.63) is 29.3 Å². The normalized spacial score (nSPS) is 22.5. The predicted octanol–water partition coefficient (Wildman–Crippen LogP) is 3.29. The molecular formula is C18H28N2O. The number of anilines is 1. The summed E-state index contributed by atoms with van der Waals surface area (Å²) >= 11 is 0. The number of nitrogens with zero attached hydrogens (tertiary/aromatic N) is 1. The van der Waals surface area contributed by atoms with Crippen LogP contribution in [0.3, 0.4) is 0 Å². The molecule has 1 aromatic carbocycles. The van der Waals surface area contributed by atoms with E-state index in [0.29, 0.717) is 5.92 Å². The third-order valence-electron chi connectivity index (χ3n) is 4.39. The number of rotatable bonds is 3. The summed E-state index contributed by atoms with van der Waals surface area (Å²) in [4.78, 5) is 14.3. The fourth-order valence-corrected chi connectivity index (χ4v) is 2.96. The Kier molecular flexibility index (Phi) is 4.92. The summed E-state index contributed by atoms with van der Waals surface area (Å²) in [5.41, 5.74) is 3.93. The van der Waals surface area contributed by atoms with E-state index in [2.05, 4.69) is 49.2 Å². The number of amides is 1. The molecule has 0 aromatic heterocycles. The van der Waals surface area contributed by atoms with Crippen LogP contribution in [0.2, 0.25) is 0 Å². The molecule has 1 saturated heterocycles. The molecule has 2 unspecified atom stereocenters. The van der Waals surface area contributed by atoms with Gasteiger partial charge in [0.15, 0.2) is 0 Å². The minimum absolute atomic E-state index is 0.0531. The highest BCUT2D eigenvalue weighted by Crippen LogP contribution is 2.25. The van der Waals surface area contributed by atoms with Gasteiger partial charge in [-0.3, -0.25) is 4.79 Å². The Hall–Kier alpha value is -1.51. The molecular weight excluding hydrogens is 260 g/mol. The summed E-state index contributed by atoms with van der Waals surface area (Å²) in [6, 6.07) is 6.90. The van der Waals surface area contributed by atoms with Crippen molar-refractivity contribution in [3.63, 3.8) is 0 Å². The van der Waals surface area contributed by atoms with Gasteiger partial charge in [0.25, 0.3) is 0 Å². The minimum atomic E-state index is 0.0531. The van der Waals surface area contributed by atoms with E-state index in [4.69, 9.17) is 0 Å². The minimum Gasteiger partial charge on any atom is -0.369 e. The Labute approximate surface area is 128 Å². The van der Waals surface area contributed by atoms with Crippen LogP contribution in [0.25, 0.3) is 0 Å². The van der Waals surface area contributed by atoms with Crippen LogP contribution in [0, 0.1) is 25.7 Å². The first-order chi connectivity index (χ1) is 9.86. The van der Waals surface area contributed by atoms with Gasteiger partial charge in [0.1, 0.15) is 0 Å². The molecule has 1 aliphatic rings.